The van der Waals surface area contributed by atoms with Crippen LogP contribution in [0.4, 0.5) is 17.6 Å². The lowest BCUT2D eigenvalue weighted by atomic mass is 9.98. The molecule has 2 fully saturated rings. The molecule has 1 saturated heterocycles. The van der Waals surface area contributed by atoms with Crippen LogP contribution in [0.5, 0.6) is 5.75 Å². The number of ether oxygens (including phenoxy) is 1. The minimum atomic E-state index is -4.41. The molecule has 1 saturated carbocycles. The van der Waals surface area contributed by atoms with E-state index in [1.54, 1.807) is 0 Å². The molecule has 8 heteroatoms. The number of rotatable bonds is 6. The lowest BCUT2D eigenvalue weighted by Gasteiger charge is -2.32. The zero-order valence-electron chi connectivity index (χ0n) is 16.8. The minimum absolute atomic E-state index is 0.186. The van der Waals surface area contributed by atoms with Crippen LogP contribution in [0, 0.1) is 5.82 Å². The smallest absolute Gasteiger partial charge is 0.416 e. The molecule has 0 unspecified atom stereocenters. The van der Waals surface area contributed by atoms with Crippen LogP contribution < -0.4 is 4.74 Å². The molecule has 4 nitrogen and oxygen atoms in total. The van der Waals surface area contributed by atoms with Gasteiger partial charge in [0.05, 0.1) is 11.1 Å². The Morgan fingerprint density at radius 2 is 1.81 bits per heavy atom. The van der Waals surface area contributed by atoms with Gasteiger partial charge < -0.3 is 9.84 Å². The second kappa shape index (κ2) is 8.49. The topological polar surface area (TPSA) is 49.8 Å². The number of hydrogen-bond donors (Lipinski definition) is 1. The van der Waals surface area contributed by atoms with E-state index in [4.69, 9.17) is 4.74 Å². The van der Waals surface area contributed by atoms with E-state index in [-0.39, 0.29) is 23.3 Å². The summed E-state index contributed by atoms with van der Waals surface area (Å²) >= 11 is 0. The standard InChI is InChI=1S/C23H23F4NO3/c24-21-10-15(19(14-4-5-14)12-20(21)22(29)30)13-28-8-6-17(7-9-28)31-18-3-1-2-16(11-18)23(25,26)27/h1-3,10-12,14,17H,4-9,13H2,(H,29,30). The summed E-state index contributed by atoms with van der Waals surface area (Å²) < 4.78 is 58.6. The van der Waals surface area contributed by atoms with Crippen LogP contribution in [0.1, 0.15) is 58.6 Å². The lowest BCUT2D eigenvalue weighted by molar-refractivity contribution is -0.137. The Labute approximate surface area is 177 Å². The van der Waals surface area contributed by atoms with Gasteiger partial charge in [-0.1, -0.05) is 6.07 Å². The van der Waals surface area contributed by atoms with Gasteiger partial charge in [0.1, 0.15) is 17.7 Å². The first-order chi connectivity index (χ1) is 14.7. The highest BCUT2D eigenvalue weighted by Crippen LogP contribution is 2.43. The van der Waals surface area contributed by atoms with Crippen molar-refractivity contribution in [3.63, 3.8) is 0 Å². The Kier molecular flexibility index (Phi) is 5.92. The van der Waals surface area contributed by atoms with Gasteiger partial charge in [0.25, 0.3) is 0 Å². The highest BCUT2D eigenvalue weighted by molar-refractivity contribution is 5.88. The van der Waals surface area contributed by atoms with Crippen molar-refractivity contribution in [3.05, 3.63) is 64.5 Å². The monoisotopic (exact) mass is 437 g/mol. The molecule has 0 spiro atoms. The number of likely N-dealkylation sites (tertiary alicyclic amines) is 1. The molecule has 2 aliphatic rings. The van der Waals surface area contributed by atoms with E-state index < -0.39 is 23.5 Å². The number of hydrogen-bond acceptors (Lipinski definition) is 3. The summed E-state index contributed by atoms with van der Waals surface area (Å²) in [4.78, 5) is 13.4. The van der Waals surface area contributed by atoms with Crippen molar-refractivity contribution < 1.29 is 32.2 Å². The number of halogens is 4. The van der Waals surface area contributed by atoms with Gasteiger partial charge in [-0.05, 0) is 73.1 Å². The van der Waals surface area contributed by atoms with Gasteiger partial charge in [0.2, 0.25) is 0 Å². The van der Waals surface area contributed by atoms with Gasteiger partial charge in [-0.25, -0.2) is 9.18 Å². The van der Waals surface area contributed by atoms with Crippen LogP contribution in [-0.4, -0.2) is 35.2 Å². The number of benzene rings is 2. The van der Waals surface area contributed by atoms with E-state index in [0.717, 1.165) is 36.1 Å². The minimum Gasteiger partial charge on any atom is -0.490 e. The van der Waals surface area contributed by atoms with Crippen molar-refractivity contribution in [2.45, 2.75) is 50.4 Å². The average Bonchev–Trinajstić information content (AvgIpc) is 3.54. The van der Waals surface area contributed by atoms with Crippen molar-refractivity contribution >= 4 is 5.97 Å². The van der Waals surface area contributed by atoms with E-state index >= 15 is 0 Å². The van der Waals surface area contributed by atoms with Gasteiger partial charge in [0.15, 0.2) is 0 Å². The first kappa shape index (κ1) is 21.6. The van der Waals surface area contributed by atoms with Crippen molar-refractivity contribution in [1.29, 1.82) is 0 Å². The molecule has 2 aromatic rings. The Hall–Kier alpha value is -2.61. The molecule has 0 aromatic heterocycles. The number of carboxylic acid groups (broad SMARTS) is 1. The van der Waals surface area contributed by atoms with Crippen LogP contribution in [0.25, 0.3) is 0 Å². The lowest BCUT2D eigenvalue weighted by Crippen LogP contribution is -2.38. The Morgan fingerprint density at radius 1 is 1.10 bits per heavy atom. The van der Waals surface area contributed by atoms with Crippen molar-refractivity contribution in [1.82, 2.24) is 4.90 Å². The number of carbonyl (C=O) groups is 1. The first-order valence-corrected chi connectivity index (χ1v) is 10.3. The van der Waals surface area contributed by atoms with Gasteiger partial charge >= 0.3 is 12.1 Å². The summed E-state index contributed by atoms with van der Waals surface area (Å²) in [7, 11) is 0. The maximum atomic E-state index is 14.2. The summed E-state index contributed by atoms with van der Waals surface area (Å²) in [6.07, 6.45) is -1.35. The molecule has 31 heavy (non-hydrogen) atoms. The normalized spacial score (nSPS) is 18.2. The van der Waals surface area contributed by atoms with E-state index in [9.17, 15) is 27.5 Å². The zero-order valence-corrected chi connectivity index (χ0v) is 16.8. The highest BCUT2D eigenvalue weighted by Gasteiger charge is 2.32. The van der Waals surface area contributed by atoms with Crippen molar-refractivity contribution in [2.24, 2.45) is 0 Å². The van der Waals surface area contributed by atoms with Crippen LogP contribution in [-0.2, 0) is 12.7 Å². The number of piperidine rings is 1. The number of aromatic carboxylic acids is 1. The molecule has 0 atom stereocenters. The van der Waals surface area contributed by atoms with Crippen molar-refractivity contribution in [3.8, 4) is 5.75 Å². The fraction of sp³-hybridized carbons (Fsp3) is 0.435. The van der Waals surface area contributed by atoms with Crippen molar-refractivity contribution in [2.75, 3.05) is 13.1 Å². The molecule has 1 heterocycles. The zero-order chi connectivity index (χ0) is 22.2. The Balaban J connectivity index is 1.38. The van der Waals surface area contributed by atoms with Crippen LogP contribution in [0.15, 0.2) is 36.4 Å². The molecule has 1 N–H and O–H groups in total. The maximum absolute atomic E-state index is 14.2. The quantitative estimate of drug-likeness (QED) is 0.610. The van der Waals surface area contributed by atoms with Gasteiger partial charge in [-0.2, -0.15) is 13.2 Å². The summed E-state index contributed by atoms with van der Waals surface area (Å²) in [6, 6.07) is 7.69. The fourth-order valence-corrected chi connectivity index (χ4v) is 4.07. The molecule has 166 valence electrons. The summed E-state index contributed by atoms with van der Waals surface area (Å²) in [5, 5.41) is 9.19. The fourth-order valence-electron chi connectivity index (χ4n) is 4.07. The van der Waals surface area contributed by atoms with E-state index in [2.05, 4.69) is 4.90 Å². The summed E-state index contributed by atoms with van der Waals surface area (Å²) in [5.74, 6) is -1.50. The van der Waals surface area contributed by atoms with E-state index in [0.29, 0.717) is 32.5 Å². The predicted molar refractivity (Wildman–Crippen MR) is 106 cm³/mol. The highest BCUT2D eigenvalue weighted by atomic mass is 19.4. The second-order valence-electron chi connectivity index (χ2n) is 8.23. The molecule has 4 rings (SSSR count). The van der Waals surface area contributed by atoms with Crippen LogP contribution >= 0.6 is 0 Å². The third-order valence-corrected chi connectivity index (χ3v) is 5.87. The molecule has 0 bridgehead atoms. The van der Waals surface area contributed by atoms with Crippen LogP contribution in [0.3, 0.4) is 0 Å². The molecular weight excluding hydrogens is 414 g/mol. The Morgan fingerprint density at radius 3 is 2.42 bits per heavy atom. The average molecular weight is 437 g/mol. The maximum Gasteiger partial charge on any atom is 0.416 e. The predicted octanol–water partition coefficient (Wildman–Crippen LogP) is 5.46. The third kappa shape index (κ3) is 5.18. The van der Waals surface area contributed by atoms with E-state index in [1.807, 2.05) is 0 Å². The number of alkyl halides is 3. The van der Waals surface area contributed by atoms with E-state index in [1.165, 1.54) is 24.3 Å². The molecule has 1 aliphatic heterocycles. The molecule has 1 aliphatic carbocycles. The summed E-state index contributed by atoms with van der Waals surface area (Å²) in [5.41, 5.74) is 0.684. The molecular formula is C23H23F4NO3. The third-order valence-electron chi connectivity index (χ3n) is 5.87. The van der Waals surface area contributed by atoms with Gasteiger partial charge in [-0.15, -0.1) is 0 Å². The first-order valence-electron chi connectivity index (χ1n) is 10.3. The number of carboxylic acids is 1. The largest absolute Gasteiger partial charge is 0.490 e. The summed E-state index contributed by atoms with van der Waals surface area (Å²) in [6.45, 7) is 1.84. The SMILES string of the molecule is O=C(O)c1cc(C2CC2)c(CN2CCC(Oc3cccc(C(F)(F)F)c3)CC2)cc1F. The Bertz CT molecular complexity index is 964. The molecule has 0 radical (unpaired) electrons. The second-order valence-corrected chi connectivity index (χ2v) is 8.23. The van der Waals surface area contributed by atoms with Gasteiger partial charge in [0, 0.05) is 19.6 Å². The van der Waals surface area contributed by atoms with Crippen LogP contribution in [0.2, 0.25) is 0 Å². The molecule has 0 amide bonds. The number of nitrogens with zero attached hydrogens (tertiary/aromatic N) is 1. The van der Waals surface area contributed by atoms with Gasteiger partial charge in [-0.3, -0.25) is 4.90 Å². The molecule has 2 aromatic carbocycles.